The molecule has 0 atom stereocenters. The van der Waals surface area contributed by atoms with Gasteiger partial charge in [-0.3, -0.25) is 0 Å². The normalized spacial score (nSPS) is 11.3. The maximum absolute atomic E-state index is 6.39. The predicted molar refractivity (Wildman–Crippen MR) is 84.7 cm³/mol. The summed E-state index contributed by atoms with van der Waals surface area (Å²) >= 11 is 0. The highest BCUT2D eigenvalue weighted by Crippen LogP contribution is 2.29. The molecule has 0 aliphatic rings. The van der Waals surface area contributed by atoms with Crippen LogP contribution in [-0.4, -0.2) is 15.2 Å². The van der Waals surface area contributed by atoms with Gasteiger partial charge in [-0.05, 0) is 13.0 Å². The Bertz CT molecular complexity index is 373. The molecule has 0 amide bonds. The van der Waals surface area contributed by atoms with Crippen molar-refractivity contribution in [2.45, 2.75) is 45.7 Å². The number of rotatable bonds is 9. The van der Waals surface area contributed by atoms with Gasteiger partial charge in [0.2, 0.25) is 0 Å². The van der Waals surface area contributed by atoms with Crippen molar-refractivity contribution in [1.82, 2.24) is 0 Å². The van der Waals surface area contributed by atoms with E-state index in [9.17, 15) is 0 Å². The van der Waals surface area contributed by atoms with Crippen LogP contribution in [0, 0.1) is 0 Å². The first kappa shape index (κ1) is 16.0. The molecule has 0 aliphatic heterocycles. The van der Waals surface area contributed by atoms with Crippen LogP contribution in [0.25, 0.3) is 6.08 Å². The zero-order valence-electron chi connectivity index (χ0n) is 12.4. The molecule has 1 aromatic carbocycles. The van der Waals surface area contributed by atoms with Gasteiger partial charge in [0.15, 0.2) is 0 Å². The fraction of sp³-hybridized carbons (Fsp3) is 0.500. The second-order valence-corrected chi connectivity index (χ2v) is 8.00. The third-order valence-corrected chi connectivity index (χ3v) is 7.03. The average Bonchev–Trinajstić information content (AvgIpc) is 2.40. The summed E-state index contributed by atoms with van der Waals surface area (Å²) in [4.78, 5) is 0. The minimum absolute atomic E-state index is 0.725. The summed E-state index contributed by atoms with van der Waals surface area (Å²) in [7, 11) is -2.13. The lowest BCUT2D eigenvalue weighted by Crippen LogP contribution is -2.45. The Morgan fingerprint density at radius 2 is 1.74 bits per heavy atom. The Morgan fingerprint density at radius 3 is 2.26 bits per heavy atom. The third-order valence-electron chi connectivity index (χ3n) is 3.10. The molecule has 1 aromatic rings. The van der Waals surface area contributed by atoms with Gasteiger partial charge in [-0.1, -0.05) is 57.5 Å². The van der Waals surface area contributed by atoms with Crippen molar-refractivity contribution in [1.29, 1.82) is 0 Å². The van der Waals surface area contributed by atoms with Crippen LogP contribution in [0.2, 0.25) is 12.1 Å². The zero-order chi connectivity index (χ0) is 14.1. The predicted octanol–water partition coefficient (Wildman–Crippen LogP) is 5.01. The van der Waals surface area contributed by atoms with Crippen LogP contribution in [0.5, 0.6) is 5.75 Å². The van der Waals surface area contributed by atoms with E-state index in [2.05, 4.69) is 27.4 Å². The molecule has 0 radical (unpaired) electrons. The lowest BCUT2D eigenvalue weighted by Gasteiger charge is -2.31. The van der Waals surface area contributed by atoms with E-state index in [1.807, 2.05) is 30.3 Å². The van der Waals surface area contributed by atoms with Gasteiger partial charge < -0.3 is 8.85 Å². The molecule has 106 valence electrons. The van der Waals surface area contributed by atoms with Crippen molar-refractivity contribution >= 4 is 14.6 Å². The molecule has 0 bridgehead atoms. The Hall–Kier alpha value is -1.06. The van der Waals surface area contributed by atoms with Crippen molar-refractivity contribution in [3.05, 3.63) is 36.4 Å². The summed E-state index contributed by atoms with van der Waals surface area (Å²) in [5.41, 5.74) is 1.05. The van der Waals surface area contributed by atoms with Crippen LogP contribution in [0.3, 0.4) is 0 Å². The highest BCUT2D eigenvalue weighted by atomic mass is 28.4. The molecular weight excluding hydrogens is 252 g/mol. The fourth-order valence-corrected chi connectivity index (χ4v) is 5.81. The lowest BCUT2D eigenvalue weighted by molar-refractivity contribution is 0.248. The van der Waals surface area contributed by atoms with Crippen LogP contribution in [0.4, 0.5) is 0 Å². The molecule has 2 nitrogen and oxygen atoms in total. The van der Waals surface area contributed by atoms with E-state index < -0.39 is 8.56 Å². The van der Waals surface area contributed by atoms with E-state index in [0.717, 1.165) is 42.8 Å². The second kappa shape index (κ2) is 8.18. The summed E-state index contributed by atoms with van der Waals surface area (Å²) in [6, 6.07) is 10.1. The lowest BCUT2D eigenvalue weighted by atomic mass is 10.2. The first-order valence-corrected chi connectivity index (χ1v) is 9.48. The summed E-state index contributed by atoms with van der Waals surface area (Å²) in [6.07, 6.45) is 4.04. The number of para-hydroxylation sites is 1. The quantitative estimate of drug-likeness (QED) is 0.591. The Morgan fingerprint density at radius 1 is 1.11 bits per heavy atom. The molecule has 1 rings (SSSR count). The molecule has 19 heavy (non-hydrogen) atoms. The van der Waals surface area contributed by atoms with E-state index in [1.54, 1.807) is 0 Å². The first-order chi connectivity index (χ1) is 9.21. The summed E-state index contributed by atoms with van der Waals surface area (Å²) in [5.74, 6) is 0.916. The molecule has 0 heterocycles. The Balaban J connectivity index is 3.00. The smallest absolute Gasteiger partial charge is 0.398 e. The molecule has 0 spiro atoms. The van der Waals surface area contributed by atoms with Crippen LogP contribution in [-0.2, 0) is 4.43 Å². The second-order valence-electron chi connectivity index (χ2n) is 4.69. The minimum Gasteiger partial charge on any atom is -0.520 e. The van der Waals surface area contributed by atoms with Crippen molar-refractivity contribution < 1.29 is 8.85 Å². The zero-order valence-corrected chi connectivity index (χ0v) is 13.4. The molecule has 0 fully saturated rings. The SMILES string of the molecule is C=Cc1ccccc1O[Si](CCC)(CCC)OCC. The van der Waals surface area contributed by atoms with E-state index >= 15 is 0 Å². The number of benzene rings is 1. The minimum atomic E-state index is -2.13. The molecule has 0 unspecified atom stereocenters. The van der Waals surface area contributed by atoms with Crippen LogP contribution < -0.4 is 4.43 Å². The molecule has 3 heteroatoms. The van der Waals surface area contributed by atoms with E-state index in [1.165, 1.54) is 0 Å². The van der Waals surface area contributed by atoms with Gasteiger partial charge in [-0.25, -0.2) is 0 Å². The Labute approximate surface area is 118 Å². The number of hydrogen-bond acceptors (Lipinski definition) is 2. The first-order valence-electron chi connectivity index (χ1n) is 7.25. The molecule has 0 saturated carbocycles. The van der Waals surface area contributed by atoms with E-state index in [-0.39, 0.29) is 0 Å². The average molecular weight is 278 g/mol. The van der Waals surface area contributed by atoms with Crippen LogP contribution in [0.15, 0.2) is 30.8 Å². The largest absolute Gasteiger partial charge is 0.520 e. The number of hydrogen-bond donors (Lipinski definition) is 0. The van der Waals surface area contributed by atoms with Gasteiger partial charge in [-0.2, -0.15) is 0 Å². The van der Waals surface area contributed by atoms with E-state index in [0.29, 0.717) is 0 Å². The van der Waals surface area contributed by atoms with Crippen LogP contribution in [0.1, 0.15) is 39.2 Å². The standard InChI is InChI=1S/C16H26O2Si/c1-5-13-19(14-6-2,17-8-4)18-16-12-10-9-11-15(16)7-3/h7,9-12H,3,5-6,8,13-14H2,1-2,4H3. The monoisotopic (exact) mass is 278 g/mol. The van der Waals surface area contributed by atoms with Gasteiger partial charge in [0.05, 0.1) is 0 Å². The summed E-state index contributed by atoms with van der Waals surface area (Å²) < 4.78 is 12.5. The third kappa shape index (κ3) is 4.51. The van der Waals surface area contributed by atoms with Gasteiger partial charge in [-0.15, -0.1) is 0 Å². The molecule has 0 saturated heterocycles. The van der Waals surface area contributed by atoms with Gasteiger partial charge >= 0.3 is 8.56 Å². The van der Waals surface area contributed by atoms with E-state index in [4.69, 9.17) is 8.85 Å². The van der Waals surface area contributed by atoms with Crippen LogP contribution >= 0.6 is 0 Å². The molecule has 0 N–H and O–H groups in total. The summed E-state index contributed by atoms with van der Waals surface area (Å²) in [5, 5.41) is 0. The Kier molecular flexibility index (Phi) is 6.88. The maximum Gasteiger partial charge on any atom is 0.398 e. The van der Waals surface area contributed by atoms with Crippen molar-refractivity contribution in [2.75, 3.05) is 6.61 Å². The maximum atomic E-state index is 6.39. The molecule has 0 aromatic heterocycles. The van der Waals surface area contributed by atoms with Gasteiger partial charge in [0, 0.05) is 24.3 Å². The molecular formula is C16H26O2Si. The highest BCUT2D eigenvalue weighted by molar-refractivity contribution is 6.68. The summed E-state index contributed by atoms with van der Waals surface area (Å²) in [6.45, 7) is 11.0. The topological polar surface area (TPSA) is 18.5 Å². The van der Waals surface area contributed by atoms with Gasteiger partial charge in [0.25, 0.3) is 0 Å². The molecule has 0 aliphatic carbocycles. The van der Waals surface area contributed by atoms with Crippen molar-refractivity contribution in [2.24, 2.45) is 0 Å². The van der Waals surface area contributed by atoms with Crippen molar-refractivity contribution in [3.63, 3.8) is 0 Å². The van der Waals surface area contributed by atoms with Gasteiger partial charge in [0.1, 0.15) is 5.75 Å². The highest BCUT2D eigenvalue weighted by Gasteiger charge is 2.37. The fourth-order valence-electron chi connectivity index (χ4n) is 2.37. The van der Waals surface area contributed by atoms with Crippen molar-refractivity contribution in [3.8, 4) is 5.75 Å².